The second kappa shape index (κ2) is 14.1. The molecule has 0 spiro atoms. The van der Waals surface area contributed by atoms with Crippen molar-refractivity contribution in [1.29, 1.82) is 0 Å². The normalized spacial score (nSPS) is 11.6. The highest BCUT2D eigenvalue weighted by Gasteiger charge is 2.17. The van der Waals surface area contributed by atoms with Crippen LogP contribution in [-0.2, 0) is 11.4 Å². The van der Waals surface area contributed by atoms with Crippen LogP contribution >= 0.6 is 0 Å². The van der Waals surface area contributed by atoms with Gasteiger partial charge in [-0.05, 0) is 54.3 Å². The van der Waals surface area contributed by atoms with E-state index in [4.69, 9.17) is 14.2 Å². The number of unbranched alkanes of at least 4 members (excludes halogenated alkanes) is 5. The fourth-order valence-corrected chi connectivity index (χ4v) is 3.74. The summed E-state index contributed by atoms with van der Waals surface area (Å²) < 4.78 is 32.0. The maximum atomic E-state index is 14.8. The molecule has 0 aliphatic heterocycles. The molecular weight excluding hydrogens is 459 g/mol. The smallest absolute Gasteiger partial charge is 0.344 e. The fraction of sp³-hybridized carbons (Fsp3) is 0.367. The number of carboxylic acids is 1. The summed E-state index contributed by atoms with van der Waals surface area (Å²) in [5, 5.41) is 9.24. The maximum Gasteiger partial charge on any atom is 0.344 e. The molecule has 0 radical (unpaired) electrons. The van der Waals surface area contributed by atoms with Gasteiger partial charge < -0.3 is 19.3 Å². The van der Waals surface area contributed by atoms with E-state index in [0.717, 1.165) is 24.0 Å². The Morgan fingerprint density at radius 1 is 0.833 bits per heavy atom. The highest BCUT2D eigenvalue weighted by molar-refractivity contribution is 5.73. The van der Waals surface area contributed by atoms with Gasteiger partial charge >= 0.3 is 5.97 Å². The molecule has 5 nitrogen and oxygen atoms in total. The summed E-state index contributed by atoms with van der Waals surface area (Å²) in [4.78, 5) is 11.3. The highest BCUT2D eigenvalue weighted by atomic mass is 19.1. The van der Waals surface area contributed by atoms with Gasteiger partial charge in [0.1, 0.15) is 6.61 Å². The van der Waals surface area contributed by atoms with Crippen LogP contribution in [0.25, 0.3) is 11.1 Å². The fourth-order valence-electron chi connectivity index (χ4n) is 3.74. The third kappa shape index (κ3) is 8.29. The van der Waals surface area contributed by atoms with E-state index < -0.39 is 17.9 Å². The van der Waals surface area contributed by atoms with Gasteiger partial charge in [-0.3, -0.25) is 0 Å². The summed E-state index contributed by atoms with van der Waals surface area (Å²) in [6, 6.07) is 19.6. The lowest BCUT2D eigenvalue weighted by molar-refractivity contribution is -0.144. The van der Waals surface area contributed by atoms with E-state index in [-0.39, 0.29) is 12.4 Å². The van der Waals surface area contributed by atoms with Crippen molar-refractivity contribution in [2.45, 2.75) is 65.1 Å². The Morgan fingerprint density at radius 2 is 1.50 bits per heavy atom. The molecule has 3 aromatic rings. The predicted octanol–water partition coefficient (Wildman–Crippen LogP) is 7.66. The van der Waals surface area contributed by atoms with Gasteiger partial charge in [-0.25, -0.2) is 9.18 Å². The second-order valence-corrected chi connectivity index (χ2v) is 8.80. The van der Waals surface area contributed by atoms with E-state index in [1.165, 1.54) is 38.7 Å². The predicted molar refractivity (Wildman–Crippen MR) is 139 cm³/mol. The molecule has 192 valence electrons. The standard InChI is InChI=1S/C30H35FO5/c1-3-4-5-6-7-11-18-34-27-16-14-24(19-26(27)31)25-15-17-28(36-22(2)30(32)33)29(20-25)35-21-23-12-9-8-10-13-23/h8-10,12-17,19-20,22H,3-7,11,18,21H2,1-2H3,(H,32,33)/t22-/m1/s1. The minimum absolute atomic E-state index is 0.239. The first-order chi connectivity index (χ1) is 17.5. The summed E-state index contributed by atoms with van der Waals surface area (Å²) in [7, 11) is 0. The third-order valence-corrected chi connectivity index (χ3v) is 5.85. The molecule has 6 heteroatoms. The van der Waals surface area contributed by atoms with Crippen LogP contribution in [0.15, 0.2) is 66.7 Å². The van der Waals surface area contributed by atoms with E-state index in [9.17, 15) is 14.3 Å². The van der Waals surface area contributed by atoms with Crippen LogP contribution in [0.1, 0.15) is 57.9 Å². The lowest BCUT2D eigenvalue weighted by Crippen LogP contribution is -2.23. The minimum Gasteiger partial charge on any atom is -0.491 e. The number of ether oxygens (including phenoxy) is 3. The molecular formula is C30H35FO5. The van der Waals surface area contributed by atoms with E-state index in [2.05, 4.69) is 6.92 Å². The van der Waals surface area contributed by atoms with Gasteiger partial charge in [-0.1, -0.05) is 81.5 Å². The molecule has 0 bridgehead atoms. The van der Waals surface area contributed by atoms with Crippen molar-refractivity contribution in [2.24, 2.45) is 0 Å². The van der Waals surface area contributed by atoms with E-state index in [0.29, 0.717) is 23.7 Å². The number of hydrogen-bond donors (Lipinski definition) is 1. The van der Waals surface area contributed by atoms with Crippen LogP contribution in [0, 0.1) is 5.82 Å². The molecule has 36 heavy (non-hydrogen) atoms. The van der Waals surface area contributed by atoms with Gasteiger partial charge in [0.15, 0.2) is 29.2 Å². The summed E-state index contributed by atoms with van der Waals surface area (Å²) in [6.45, 7) is 4.42. The molecule has 0 aliphatic rings. The van der Waals surface area contributed by atoms with Gasteiger partial charge in [0, 0.05) is 0 Å². The van der Waals surface area contributed by atoms with Crippen LogP contribution in [-0.4, -0.2) is 23.8 Å². The van der Waals surface area contributed by atoms with Crippen molar-refractivity contribution in [3.05, 3.63) is 78.1 Å². The Hall–Kier alpha value is -3.54. The summed E-state index contributed by atoms with van der Waals surface area (Å²) >= 11 is 0. The Kier molecular flexibility index (Phi) is 10.6. The maximum absolute atomic E-state index is 14.8. The molecule has 0 aromatic heterocycles. The lowest BCUT2D eigenvalue weighted by atomic mass is 10.0. The SMILES string of the molecule is CCCCCCCCOc1ccc(-c2ccc(O[C@H](C)C(=O)O)c(OCc3ccccc3)c2)cc1F. The Balaban J connectivity index is 1.71. The molecule has 3 rings (SSSR count). The molecule has 0 heterocycles. The first-order valence-electron chi connectivity index (χ1n) is 12.6. The molecule has 0 amide bonds. The molecule has 0 unspecified atom stereocenters. The Bertz CT molecular complexity index is 1100. The second-order valence-electron chi connectivity index (χ2n) is 8.80. The van der Waals surface area contributed by atoms with Gasteiger partial charge in [-0.2, -0.15) is 0 Å². The molecule has 0 fully saturated rings. The van der Waals surface area contributed by atoms with Gasteiger partial charge in [0.2, 0.25) is 0 Å². The zero-order valence-corrected chi connectivity index (χ0v) is 21.0. The molecule has 1 atom stereocenters. The average molecular weight is 495 g/mol. The van der Waals surface area contributed by atoms with Gasteiger partial charge in [0.25, 0.3) is 0 Å². The summed E-state index contributed by atoms with van der Waals surface area (Å²) in [5.41, 5.74) is 2.33. The number of carbonyl (C=O) groups is 1. The van der Waals surface area contributed by atoms with Crippen LogP contribution < -0.4 is 14.2 Å². The zero-order chi connectivity index (χ0) is 25.8. The van der Waals surface area contributed by atoms with Crippen molar-refractivity contribution in [3.8, 4) is 28.4 Å². The number of hydrogen-bond acceptors (Lipinski definition) is 4. The number of rotatable bonds is 15. The first-order valence-corrected chi connectivity index (χ1v) is 12.6. The van der Waals surface area contributed by atoms with Gasteiger partial charge in [0.05, 0.1) is 6.61 Å². The molecule has 3 aromatic carbocycles. The van der Waals surface area contributed by atoms with Crippen LogP contribution in [0.5, 0.6) is 17.2 Å². The monoisotopic (exact) mass is 494 g/mol. The lowest BCUT2D eigenvalue weighted by Gasteiger charge is -2.17. The van der Waals surface area contributed by atoms with Crippen LogP contribution in [0.2, 0.25) is 0 Å². The van der Waals surface area contributed by atoms with Crippen molar-refractivity contribution in [1.82, 2.24) is 0 Å². The first kappa shape index (κ1) is 27.1. The van der Waals surface area contributed by atoms with Gasteiger partial charge in [-0.15, -0.1) is 0 Å². The summed E-state index contributed by atoms with van der Waals surface area (Å²) in [6.07, 6.45) is 5.82. The molecule has 0 saturated heterocycles. The van der Waals surface area contributed by atoms with Crippen molar-refractivity contribution in [3.63, 3.8) is 0 Å². The zero-order valence-electron chi connectivity index (χ0n) is 21.0. The van der Waals surface area contributed by atoms with Crippen molar-refractivity contribution < 1.29 is 28.5 Å². The Labute approximate surface area is 212 Å². The highest BCUT2D eigenvalue weighted by Crippen LogP contribution is 2.35. The van der Waals surface area contributed by atoms with E-state index >= 15 is 0 Å². The van der Waals surface area contributed by atoms with Crippen molar-refractivity contribution >= 4 is 5.97 Å². The van der Waals surface area contributed by atoms with E-state index in [1.807, 2.05) is 30.3 Å². The quantitative estimate of drug-likeness (QED) is 0.220. The average Bonchev–Trinajstić information content (AvgIpc) is 2.88. The number of halogens is 1. The number of carboxylic acid groups (broad SMARTS) is 1. The molecule has 0 saturated carbocycles. The third-order valence-electron chi connectivity index (χ3n) is 5.85. The largest absolute Gasteiger partial charge is 0.491 e. The number of aliphatic carboxylic acids is 1. The summed E-state index contributed by atoms with van der Waals surface area (Å²) in [5.74, 6) is -0.572. The minimum atomic E-state index is -1.08. The topological polar surface area (TPSA) is 65.0 Å². The Morgan fingerprint density at radius 3 is 2.19 bits per heavy atom. The van der Waals surface area contributed by atoms with E-state index in [1.54, 1.807) is 30.3 Å². The molecule has 0 aliphatic carbocycles. The number of benzene rings is 3. The molecule has 1 N–H and O–H groups in total. The van der Waals surface area contributed by atoms with Crippen molar-refractivity contribution in [2.75, 3.05) is 6.61 Å². The van der Waals surface area contributed by atoms with Crippen LogP contribution in [0.4, 0.5) is 4.39 Å². The van der Waals surface area contributed by atoms with Crippen LogP contribution in [0.3, 0.4) is 0 Å².